The highest BCUT2D eigenvalue weighted by Crippen LogP contribution is 2.34. The minimum Gasteiger partial charge on any atom is -0.465 e. The summed E-state index contributed by atoms with van der Waals surface area (Å²) in [6, 6.07) is 3.21. The second kappa shape index (κ2) is 4.59. The van der Waals surface area contributed by atoms with Crippen LogP contribution in [0.5, 0.6) is 0 Å². The summed E-state index contributed by atoms with van der Waals surface area (Å²) in [6.45, 7) is 0. The molecule has 1 unspecified atom stereocenters. The molecule has 0 bridgehead atoms. The van der Waals surface area contributed by atoms with E-state index in [1.54, 1.807) is 28.9 Å². The van der Waals surface area contributed by atoms with E-state index < -0.39 is 21.1 Å². The van der Waals surface area contributed by atoms with Gasteiger partial charge in [0.15, 0.2) is 9.84 Å². The van der Waals surface area contributed by atoms with Gasteiger partial charge in [-0.2, -0.15) is 0 Å². The average Bonchev–Trinajstić information content (AvgIpc) is 2.98. The molecule has 6 nitrogen and oxygen atoms in total. The van der Waals surface area contributed by atoms with Crippen LogP contribution >= 0.6 is 0 Å². The quantitative estimate of drug-likeness (QED) is 0.782. The smallest absolute Gasteiger partial charge is 0.338 e. The van der Waals surface area contributed by atoms with Gasteiger partial charge in [0.25, 0.3) is 0 Å². The molecule has 1 fully saturated rings. The molecule has 2 aromatic rings. The zero-order valence-corrected chi connectivity index (χ0v) is 11.8. The Balaban J connectivity index is 2.05. The third-order valence-electron chi connectivity index (χ3n) is 3.56. The molecule has 0 aliphatic carbocycles. The molecule has 0 N–H and O–H groups in total. The predicted molar refractivity (Wildman–Crippen MR) is 72.3 cm³/mol. The van der Waals surface area contributed by atoms with Gasteiger partial charge in [-0.15, -0.1) is 0 Å². The Morgan fingerprint density at radius 1 is 1.50 bits per heavy atom. The Labute approximate surface area is 116 Å². The number of pyridine rings is 1. The van der Waals surface area contributed by atoms with Crippen LogP contribution in [0.4, 0.5) is 0 Å². The fraction of sp³-hybridized carbons (Fsp3) is 0.385. The van der Waals surface area contributed by atoms with Crippen molar-refractivity contribution in [2.75, 3.05) is 12.9 Å². The number of nitrogens with zero attached hydrogens (tertiary/aromatic N) is 2. The van der Waals surface area contributed by atoms with Gasteiger partial charge in [0.1, 0.15) is 10.9 Å². The number of sulfone groups is 1. The molecule has 0 spiro atoms. The molecule has 7 heteroatoms. The van der Waals surface area contributed by atoms with E-state index >= 15 is 0 Å². The third-order valence-corrected chi connectivity index (χ3v) is 5.76. The summed E-state index contributed by atoms with van der Waals surface area (Å²) in [5, 5.41) is -0.524. The molecule has 2 aromatic heterocycles. The van der Waals surface area contributed by atoms with E-state index in [1.807, 2.05) is 0 Å². The number of aromatic nitrogens is 2. The Kier molecular flexibility index (Phi) is 3.01. The number of rotatable bonds is 2. The van der Waals surface area contributed by atoms with Crippen molar-refractivity contribution in [2.45, 2.75) is 18.1 Å². The van der Waals surface area contributed by atoms with Crippen LogP contribution < -0.4 is 0 Å². The van der Waals surface area contributed by atoms with Gasteiger partial charge in [-0.25, -0.2) is 18.2 Å². The molecule has 0 aromatic carbocycles. The monoisotopic (exact) mass is 294 g/mol. The maximum absolute atomic E-state index is 11.9. The lowest BCUT2D eigenvalue weighted by molar-refractivity contribution is 0.0600. The first-order valence-electron chi connectivity index (χ1n) is 6.30. The molecule has 0 amide bonds. The topological polar surface area (TPSA) is 77.7 Å². The van der Waals surface area contributed by atoms with Crippen LogP contribution in [0.2, 0.25) is 0 Å². The summed E-state index contributed by atoms with van der Waals surface area (Å²) in [7, 11) is -1.77. The second-order valence-corrected chi connectivity index (χ2v) is 7.14. The summed E-state index contributed by atoms with van der Waals surface area (Å²) in [4.78, 5) is 15.8. The third kappa shape index (κ3) is 2.07. The first kappa shape index (κ1) is 13.1. The standard InChI is InChI=1S/C13H14N2O4S/c1-19-13(16)9-4-5-15-8-10(14-12(15)7-9)11-3-2-6-20(11,17)18/h4-5,7-8,11H,2-3,6H2,1H3. The number of ether oxygens (including phenoxy) is 1. The number of esters is 1. The molecule has 106 valence electrons. The van der Waals surface area contributed by atoms with Gasteiger partial charge in [0, 0.05) is 12.4 Å². The maximum atomic E-state index is 11.9. The van der Waals surface area contributed by atoms with Gasteiger partial charge in [0.05, 0.1) is 24.1 Å². The number of methoxy groups -OCH3 is 1. The van der Waals surface area contributed by atoms with Crippen molar-refractivity contribution < 1.29 is 17.9 Å². The fourth-order valence-corrected chi connectivity index (χ4v) is 4.39. The van der Waals surface area contributed by atoms with Crippen LogP contribution in [0.25, 0.3) is 5.65 Å². The number of hydrogen-bond donors (Lipinski definition) is 0. The van der Waals surface area contributed by atoms with Crippen LogP contribution in [0.15, 0.2) is 24.5 Å². The van der Waals surface area contributed by atoms with E-state index in [0.29, 0.717) is 29.7 Å². The highest BCUT2D eigenvalue weighted by atomic mass is 32.2. The summed E-state index contributed by atoms with van der Waals surface area (Å²) < 4.78 is 30.2. The molecule has 1 atom stereocenters. The summed E-state index contributed by atoms with van der Waals surface area (Å²) >= 11 is 0. The van der Waals surface area contributed by atoms with Crippen molar-refractivity contribution in [3.63, 3.8) is 0 Å². The second-order valence-electron chi connectivity index (χ2n) is 4.84. The first-order valence-corrected chi connectivity index (χ1v) is 8.01. The molecule has 0 radical (unpaired) electrons. The largest absolute Gasteiger partial charge is 0.465 e. The summed E-state index contributed by atoms with van der Waals surface area (Å²) in [5.41, 5.74) is 1.49. The lowest BCUT2D eigenvalue weighted by Crippen LogP contribution is -2.08. The highest BCUT2D eigenvalue weighted by Gasteiger charge is 2.34. The SMILES string of the molecule is COC(=O)c1ccn2cc(C3CCCS3(=O)=O)nc2c1. The number of carbonyl (C=O) groups is 1. The van der Waals surface area contributed by atoms with E-state index in [2.05, 4.69) is 9.72 Å². The summed E-state index contributed by atoms with van der Waals surface area (Å²) in [6.07, 6.45) is 4.67. The van der Waals surface area contributed by atoms with Gasteiger partial charge in [-0.3, -0.25) is 0 Å². The average molecular weight is 294 g/mol. The van der Waals surface area contributed by atoms with Crippen LogP contribution in [-0.4, -0.2) is 36.6 Å². The van der Waals surface area contributed by atoms with Crippen molar-refractivity contribution in [3.8, 4) is 0 Å². The lowest BCUT2D eigenvalue weighted by atomic mass is 10.2. The molecular weight excluding hydrogens is 280 g/mol. The lowest BCUT2D eigenvalue weighted by Gasteiger charge is -2.03. The van der Waals surface area contributed by atoms with Crippen molar-refractivity contribution in [3.05, 3.63) is 35.8 Å². The number of hydrogen-bond acceptors (Lipinski definition) is 5. The minimum atomic E-state index is -3.09. The molecule has 1 saturated heterocycles. The number of imidazole rings is 1. The Bertz CT molecular complexity index is 779. The first-order chi connectivity index (χ1) is 9.51. The van der Waals surface area contributed by atoms with Crippen LogP contribution in [-0.2, 0) is 14.6 Å². The highest BCUT2D eigenvalue weighted by molar-refractivity contribution is 7.91. The van der Waals surface area contributed by atoms with Crippen molar-refractivity contribution in [2.24, 2.45) is 0 Å². The van der Waals surface area contributed by atoms with Gasteiger partial charge in [-0.1, -0.05) is 0 Å². The van der Waals surface area contributed by atoms with Crippen molar-refractivity contribution in [1.29, 1.82) is 0 Å². The van der Waals surface area contributed by atoms with E-state index in [4.69, 9.17) is 0 Å². The van der Waals surface area contributed by atoms with Gasteiger partial charge < -0.3 is 9.14 Å². The van der Waals surface area contributed by atoms with E-state index in [1.165, 1.54) is 7.11 Å². The predicted octanol–water partition coefficient (Wildman–Crippen LogP) is 1.37. The fourth-order valence-electron chi connectivity index (χ4n) is 2.53. The molecule has 20 heavy (non-hydrogen) atoms. The van der Waals surface area contributed by atoms with E-state index in [0.717, 1.165) is 0 Å². The normalized spacial score (nSPS) is 21.1. The Morgan fingerprint density at radius 2 is 2.30 bits per heavy atom. The molecule has 1 aliphatic heterocycles. The minimum absolute atomic E-state index is 0.221. The summed E-state index contributed by atoms with van der Waals surface area (Å²) in [5.74, 6) is -0.218. The van der Waals surface area contributed by atoms with Crippen LogP contribution in [0, 0.1) is 0 Å². The molecule has 3 rings (SSSR count). The van der Waals surface area contributed by atoms with Gasteiger partial charge >= 0.3 is 5.97 Å². The van der Waals surface area contributed by atoms with Crippen molar-refractivity contribution in [1.82, 2.24) is 9.38 Å². The van der Waals surface area contributed by atoms with Crippen LogP contribution in [0.1, 0.15) is 34.1 Å². The molecule has 1 aliphatic rings. The van der Waals surface area contributed by atoms with Crippen molar-refractivity contribution >= 4 is 21.5 Å². The van der Waals surface area contributed by atoms with E-state index in [-0.39, 0.29) is 5.75 Å². The zero-order valence-electron chi connectivity index (χ0n) is 10.9. The van der Waals surface area contributed by atoms with Gasteiger partial charge in [-0.05, 0) is 25.0 Å². The number of carbonyl (C=O) groups excluding carboxylic acids is 1. The molecular formula is C13H14N2O4S. The number of fused-ring (bicyclic) bond motifs is 1. The maximum Gasteiger partial charge on any atom is 0.338 e. The van der Waals surface area contributed by atoms with E-state index in [9.17, 15) is 13.2 Å². The van der Waals surface area contributed by atoms with Gasteiger partial charge in [0.2, 0.25) is 0 Å². The van der Waals surface area contributed by atoms with Crippen LogP contribution in [0.3, 0.4) is 0 Å². The Hall–Kier alpha value is -1.89. The Morgan fingerprint density at radius 3 is 2.95 bits per heavy atom. The zero-order chi connectivity index (χ0) is 14.3. The molecule has 3 heterocycles. The molecule has 0 saturated carbocycles.